The van der Waals surface area contributed by atoms with Gasteiger partial charge in [0.2, 0.25) is 0 Å². The van der Waals surface area contributed by atoms with Crippen molar-refractivity contribution in [2.75, 3.05) is 4.90 Å². The molecule has 0 aliphatic carbocycles. The van der Waals surface area contributed by atoms with Crippen LogP contribution in [-0.4, -0.2) is 0 Å². The second kappa shape index (κ2) is 17.1. The summed E-state index contributed by atoms with van der Waals surface area (Å²) in [4.78, 5) is 2.41. The molecule has 0 fully saturated rings. The Bertz CT molecular complexity index is 3020. The SMILES string of the molecule is c1ccc(-c2ccc(-c3ccc(N(c4ccc(-c5ccccc5-c5ccccc5)cc4)c4ccccc4-c4ccccc4-c4ccccc4-c4ccccc4)cc3)cc2)cc1. The van der Waals surface area contributed by atoms with Crippen LogP contribution in [0.25, 0.3) is 77.9 Å². The van der Waals surface area contributed by atoms with E-state index >= 15 is 0 Å². The van der Waals surface area contributed by atoms with E-state index in [0.29, 0.717) is 0 Å². The Morgan fingerprint density at radius 2 is 0.410 bits per heavy atom. The Hall–Kier alpha value is -8.00. The van der Waals surface area contributed by atoms with Gasteiger partial charge in [0.05, 0.1) is 5.69 Å². The third-order valence-electron chi connectivity index (χ3n) is 11.6. The molecule has 0 saturated heterocycles. The van der Waals surface area contributed by atoms with Crippen LogP contribution in [0.5, 0.6) is 0 Å². The molecule has 0 saturated carbocycles. The van der Waals surface area contributed by atoms with Crippen molar-refractivity contribution >= 4 is 17.1 Å². The fourth-order valence-corrected chi connectivity index (χ4v) is 8.55. The molecular weight excluding hydrogens is 735 g/mol. The summed E-state index contributed by atoms with van der Waals surface area (Å²) in [7, 11) is 0. The average Bonchev–Trinajstić information content (AvgIpc) is 3.35. The number of hydrogen-bond donors (Lipinski definition) is 0. The summed E-state index contributed by atoms with van der Waals surface area (Å²) in [5.41, 5.74) is 20.0. The van der Waals surface area contributed by atoms with Crippen LogP contribution in [-0.2, 0) is 0 Å². The minimum atomic E-state index is 1.08. The maximum Gasteiger partial charge on any atom is 0.0540 e. The van der Waals surface area contributed by atoms with Crippen molar-refractivity contribution in [3.05, 3.63) is 261 Å². The molecule has 10 aromatic rings. The zero-order valence-corrected chi connectivity index (χ0v) is 33.8. The predicted molar refractivity (Wildman–Crippen MR) is 259 cm³/mol. The monoisotopic (exact) mass is 777 g/mol. The van der Waals surface area contributed by atoms with Crippen LogP contribution in [0.15, 0.2) is 261 Å². The van der Waals surface area contributed by atoms with E-state index in [2.05, 4.69) is 266 Å². The lowest BCUT2D eigenvalue weighted by Crippen LogP contribution is -2.11. The van der Waals surface area contributed by atoms with Gasteiger partial charge < -0.3 is 4.90 Å². The molecule has 0 heterocycles. The highest BCUT2D eigenvalue weighted by atomic mass is 15.1. The van der Waals surface area contributed by atoms with Gasteiger partial charge in [-0.05, 0) is 103 Å². The van der Waals surface area contributed by atoms with Crippen molar-refractivity contribution in [3.8, 4) is 77.9 Å². The van der Waals surface area contributed by atoms with Crippen LogP contribution >= 0.6 is 0 Å². The van der Waals surface area contributed by atoms with E-state index in [-0.39, 0.29) is 0 Å². The molecule has 0 N–H and O–H groups in total. The van der Waals surface area contributed by atoms with Gasteiger partial charge in [-0.15, -0.1) is 0 Å². The summed E-state index contributed by atoms with van der Waals surface area (Å²) in [6.45, 7) is 0. The molecule has 0 aromatic heterocycles. The van der Waals surface area contributed by atoms with E-state index in [1.165, 1.54) is 72.3 Å². The molecule has 10 aromatic carbocycles. The van der Waals surface area contributed by atoms with E-state index in [1.807, 2.05) is 0 Å². The molecule has 0 radical (unpaired) electrons. The third-order valence-corrected chi connectivity index (χ3v) is 11.6. The van der Waals surface area contributed by atoms with Crippen LogP contribution in [0.3, 0.4) is 0 Å². The molecular formula is C60H43N. The van der Waals surface area contributed by atoms with Crippen LogP contribution in [0.4, 0.5) is 17.1 Å². The van der Waals surface area contributed by atoms with E-state index in [1.54, 1.807) is 0 Å². The minimum absolute atomic E-state index is 1.08. The summed E-state index contributed by atoms with van der Waals surface area (Å²) in [6.07, 6.45) is 0. The molecule has 0 aliphatic rings. The maximum atomic E-state index is 2.41. The van der Waals surface area contributed by atoms with Crippen molar-refractivity contribution < 1.29 is 0 Å². The Labute approximate surface area is 359 Å². The van der Waals surface area contributed by atoms with Crippen molar-refractivity contribution in [2.24, 2.45) is 0 Å². The number of nitrogens with zero attached hydrogens (tertiary/aromatic N) is 1. The Morgan fingerprint density at radius 1 is 0.164 bits per heavy atom. The molecule has 0 amide bonds. The highest BCUT2D eigenvalue weighted by Gasteiger charge is 2.21. The van der Waals surface area contributed by atoms with Gasteiger partial charge in [-0.3, -0.25) is 0 Å². The number of para-hydroxylation sites is 1. The van der Waals surface area contributed by atoms with Gasteiger partial charge >= 0.3 is 0 Å². The molecule has 1 heteroatoms. The first-order chi connectivity index (χ1) is 30.3. The lowest BCUT2D eigenvalue weighted by molar-refractivity contribution is 1.28. The van der Waals surface area contributed by atoms with Gasteiger partial charge in [-0.25, -0.2) is 0 Å². The summed E-state index contributed by atoms with van der Waals surface area (Å²) in [6, 6.07) is 93.9. The highest BCUT2D eigenvalue weighted by molar-refractivity contribution is 5.97. The summed E-state index contributed by atoms with van der Waals surface area (Å²) in [5.74, 6) is 0. The second-order valence-electron chi connectivity index (χ2n) is 15.3. The fourth-order valence-electron chi connectivity index (χ4n) is 8.55. The first-order valence-corrected chi connectivity index (χ1v) is 20.9. The Kier molecular flexibility index (Phi) is 10.4. The van der Waals surface area contributed by atoms with Crippen LogP contribution < -0.4 is 4.90 Å². The lowest BCUT2D eigenvalue weighted by atomic mass is 9.88. The summed E-state index contributed by atoms with van der Waals surface area (Å²) < 4.78 is 0. The number of rotatable bonds is 10. The predicted octanol–water partition coefficient (Wildman–Crippen LogP) is 16.8. The van der Waals surface area contributed by atoms with Crippen LogP contribution in [0.2, 0.25) is 0 Å². The quantitative estimate of drug-likeness (QED) is 0.134. The molecule has 61 heavy (non-hydrogen) atoms. The van der Waals surface area contributed by atoms with Gasteiger partial charge in [0.25, 0.3) is 0 Å². The lowest BCUT2D eigenvalue weighted by Gasteiger charge is -2.29. The number of benzene rings is 10. The molecule has 0 spiro atoms. The van der Waals surface area contributed by atoms with Gasteiger partial charge in [0, 0.05) is 16.9 Å². The molecule has 0 atom stereocenters. The molecule has 10 rings (SSSR count). The molecule has 0 aliphatic heterocycles. The van der Waals surface area contributed by atoms with Gasteiger partial charge in [-0.2, -0.15) is 0 Å². The number of hydrogen-bond acceptors (Lipinski definition) is 1. The topological polar surface area (TPSA) is 3.24 Å². The van der Waals surface area contributed by atoms with Gasteiger partial charge in [0.15, 0.2) is 0 Å². The normalized spacial score (nSPS) is 11.0. The zero-order chi connectivity index (χ0) is 40.8. The van der Waals surface area contributed by atoms with E-state index in [9.17, 15) is 0 Å². The Morgan fingerprint density at radius 3 is 0.852 bits per heavy atom. The average molecular weight is 778 g/mol. The van der Waals surface area contributed by atoms with E-state index in [4.69, 9.17) is 0 Å². The van der Waals surface area contributed by atoms with E-state index < -0.39 is 0 Å². The standard InChI is InChI=1S/C60H43N/c1-4-18-44(19-5-1)45-32-34-46(35-33-45)47-36-40-51(41-37-47)61(52-42-38-50(39-43-52)54-25-11-10-24-53(54)48-20-6-2-7-21-48)60-31-17-16-30-59(60)58-29-15-14-28-57(58)56-27-13-12-26-55(56)49-22-8-3-9-23-49/h1-43H. The number of anilines is 3. The van der Waals surface area contributed by atoms with Gasteiger partial charge in [-0.1, -0.05) is 231 Å². The summed E-state index contributed by atoms with van der Waals surface area (Å²) >= 11 is 0. The van der Waals surface area contributed by atoms with Gasteiger partial charge in [0.1, 0.15) is 0 Å². The fraction of sp³-hybridized carbons (Fsp3) is 0. The first-order valence-electron chi connectivity index (χ1n) is 20.9. The van der Waals surface area contributed by atoms with Crippen molar-refractivity contribution in [1.82, 2.24) is 0 Å². The minimum Gasteiger partial charge on any atom is -0.310 e. The third kappa shape index (κ3) is 7.69. The molecule has 0 unspecified atom stereocenters. The van der Waals surface area contributed by atoms with Crippen LogP contribution in [0.1, 0.15) is 0 Å². The maximum absolute atomic E-state index is 2.41. The zero-order valence-electron chi connectivity index (χ0n) is 33.8. The Balaban J connectivity index is 1.09. The van der Waals surface area contributed by atoms with Crippen molar-refractivity contribution in [2.45, 2.75) is 0 Å². The molecule has 1 nitrogen and oxygen atoms in total. The largest absolute Gasteiger partial charge is 0.310 e. The molecule has 0 bridgehead atoms. The summed E-state index contributed by atoms with van der Waals surface area (Å²) in [5, 5.41) is 0. The second-order valence-corrected chi connectivity index (χ2v) is 15.3. The first kappa shape index (κ1) is 37.3. The molecule has 288 valence electrons. The highest BCUT2D eigenvalue weighted by Crippen LogP contribution is 2.46. The van der Waals surface area contributed by atoms with E-state index in [0.717, 1.165) is 22.6 Å². The van der Waals surface area contributed by atoms with Crippen LogP contribution in [0, 0.1) is 0 Å². The van der Waals surface area contributed by atoms with Crippen molar-refractivity contribution in [1.29, 1.82) is 0 Å². The smallest absolute Gasteiger partial charge is 0.0540 e. The van der Waals surface area contributed by atoms with Crippen molar-refractivity contribution in [3.63, 3.8) is 0 Å².